The Morgan fingerprint density at radius 3 is 3.15 bits per heavy atom. The Balaban J connectivity index is 2.12. The Morgan fingerprint density at radius 1 is 1.69 bits per heavy atom. The summed E-state index contributed by atoms with van der Waals surface area (Å²) in [7, 11) is 0. The maximum atomic E-state index is 10.3. The molecule has 2 aliphatic rings. The summed E-state index contributed by atoms with van der Waals surface area (Å²) in [6.07, 6.45) is 1.93. The van der Waals surface area contributed by atoms with E-state index in [-0.39, 0.29) is 12.2 Å². The highest BCUT2D eigenvalue weighted by atomic mass is 16.3. The summed E-state index contributed by atoms with van der Waals surface area (Å²) in [5, 5.41) is 13.5. The minimum atomic E-state index is -0.522. The van der Waals surface area contributed by atoms with E-state index in [9.17, 15) is 5.11 Å². The SMILES string of the molecule is CC(N)N1CCC2(O)CNCCC12. The summed E-state index contributed by atoms with van der Waals surface area (Å²) in [5.74, 6) is 0. The number of nitrogens with two attached hydrogens (primary N) is 1. The van der Waals surface area contributed by atoms with Gasteiger partial charge in [0.1, 0.15) is 0 Å². The number of aliphatic hydroxyl groups is 1. The van der Waals surface area contributed by atoms with Gasteiger partial charge in [-0.2, -0.15) is 0 Å². The molecule has 3 atom stereocenters. The van der Waals surface area contributed by atoms with Crippen molar-refractivity contribution < 1.29 is 5.11 Å². The van der Waals surface area contributed by atoms with Gasteiger partial charge in [0.2, 0.25) is 0 Å². The second-order valence-electron chi connectivity index (χ2n) is 4.31. The smallest absolute Gasteiger partial charge is 0.0938 e. The van der Waals surface area contributed by atoms with Crippen LogP contribution in [-0.4, -0.2) is 47.4 Å². The Hall–Kier alpha value is -0.160. The topological polar surface area (TPSA) is 61.5 Å². The lowest BCUT2D eigenvalue weighted by Gasteiger charge is -2.39. The molecule has 2 saturated heterocycles. The predicted molar refractivity (Wildman–Crippen MR) is 51.2 cm³/mol. The Morgan fingerprint density at radius 2 is 2.46 bits per heavy atom. The maximum Gasteiger partial charge on any atom is 0.0938 e. The molecule has 76 valence electrons. The fourth-order valence-electron chi connectivity index (χ4n) is 2.63. The maximum absolute atomic E-state index is 10.3. The Labute approximate surface area is 79.1 Å². The lowest BCUT2D eigenvalue weighted by molar-refractivity contribution is -0.0209. The zero-order chi connectivity index (χ0) is 9.47. The van der Waals surface area contributed by atoms with E-state index >= 15 is 0 Å². The van der Waals surface area contributed by atoms with Crippen LogP contribution in [0, 0.1) is 0 Å². The van der Waals surface area contributed by atoms with Gasteiger partial charge in [0.15, 0.2) is 0 Å². The van der Waals surface area contributed by atoms with Crippen LogP contribution in [0.15, 0.2) is 0 Å². The molecule has 4 nitrogen and oxygen atoms in total. The van der Waals surface area contributed by atoms with E-state index in [1.807, 2.05) is 6.92 Å². The zero-order valence-electron chi connectivity index (χ0n) is 8.16. The summed E-state index contributed by atoms with van der Waals surface area (Å²) >= 11 is 0. The van der Waals surface area contributed by atoms with Gasteiger partial charge in [-0.05, 0) is 26.3 Å². The Kier molecular flexibility index (Phi) is 2.32. The number of fused-ring (bicyclic) bond motifs is 1. The first kappa shape index (κ1) is 9.40. The quantitative estimate of drug-likeness (QED) is 0.495. The molecule has 13 heavy (non-hydrogen) atoms. The monoisotopic (exact) mass is 185 g/mol. The molecular formula is C9H19N3O. The van der Waals surface area contributed by atoms with Gasteiger partial charge in [0.25, 0.3) is 0 Å². The molecule has 0 aliphatic carbocycles. The number of hydrogen-bond acceptors (Lipinski definition) is 4. The lowest BCUT2D eigenvalue weighted by atomic mass is 9.89. The molecule has 0 radical (unpaired) electrons. The van der Waals surface area contributed by atoms with Crippen LogP contribution in [-0.2, 0) is 0 Å². The number of β-amino-alcohol motifs (C(OH)–C–C–N with tert-alkyl or cyclic N) is 1. The van der Waals surface area contributed by atoms with Gasteiger partial charge in [-0.15, -0.1) is 0 Å². The standard InChI is InChI=1S/C9H19N3O/c1-7(10)12-5-3-9(13)6-11-4-2-8(9)12/h7-8,11,13H,2-6,10H2,1H3. The number of piperidine rings is 1. The lowest BCUT2D eigenvalue weighted by Crippen LogP contribution is -2.58. The van der Waals surface area contributed by atoms with Crippen molar-refractivity contribution in [1.82, 2.24) is 10.2 Å². The normalized spacial score (nSPS) is 43.2. The van der Waals surface area contributed by atoms with Crippen LogP contribution in [0.3, 0.4) is 0 Å². The van der Waals surface area contributed by atoms with Crippen molar-refractivity contribution in [3.05, 3.63) is 0 Å². The van der Waals surface area contributed by atoms with Crippen molar-refractivity contribution in [2.75, 3.05) is 19.6 Å². The first-order valence-electron chi connectivity index (χ1n) is 5.08. The van der Waals surface area contributed by atoms with Gasteiger partial charge < -0.3 is 16.2 Å². The van der Waals surface area contributed by atoms with Crippen molar-refractivity contribution in [2.24, 2.45) is 5.73 Å². The van der Waals surface area contributed by atoms with Crippen molar-refractivity contribution >= 4 is 0 Å². The van der Waals surface area contributed by atoms with Gasteiger partial charge in [-0.1, -0.05) is 0 Å². The fourth-order valence-corrected chi connectivity index (χ4v) is 2.63. The number of hydrogen-bond donors (Lipinski definition) is 3. The van der Waals surface area contributed by atoms with Crippen molar-refractivity contribution in [3.63, 3.8) is 0 Å². The molecule has 0 bridgehead atoms. The Bertz CT molecular complexity index is 197. The van der Waals surface area contributed by atoms with E-state index in [2.05, 4.69) is 10.2 Å². The van der Waals surface area contributed by atoms with Crippen molar-refractivity contribution in [3.8, 4) is 0 Å². The molecule has 0 aromatic carbocycles. The molecule has 2 fully saturated rings. The van der Waals surface area contributed by atoms with Crippen LogP contribution in [0.1, 0.15) is 19.8 Å². The summed E-state index contributed by atoms with van der Waals surface area (Å²) in [5.41, 5.74) is 5.34. The number of nitrogens with one attached hydrogen (secondary N) is 1. The zero-order valence-corrected chi connectivity index (χ0v) is 8.16. The average molecular weight is 185 g/mol. The van der Waals surface area contributed by atoms with E-state index in [0.717, 1.165) is 32.5 Å². The molecule has 0 amide bonds. The molecule has 3 unspecified atom stereocenters. The van der Waals surface area contributed by atoms with E-state index in [4.69, 9.17) is 5.73 Å². The minimum Gasteiger partial charge on any atom is -0.387 e. The third-order valence-electron chi connectivity index (χ3n) is 3.37. The highest BCUT2D eigenvalue weighted by Gasteiger charge is 2.47. The van der Waals surface area contributed by atoms with Gasteiger partial charge in [0.05, 0.1) is 11.8 Å². The molecule has 0 aromatic rings. The molecule has 0 saturated carbocycles. The van der Waals surface area contributed by atoms with E-state index in [1.54, 1.807) is 0 Å². The van der Waals surface area contributed by atoms with E-state index < -0.39 is 5.60 Å². The summed E-state index contributed by atoms with van der Waals surface area (Å²) in [6.45, 7) is 4.64. The second-order valence-corrected chi connectivity index (χ2v) is 4.31. The average Bonchev–Trinajstić information content (AvgIpc) is 2.41. The van der Waals surface area contributed by atoms with E-state index in [1.165, 1.54) is 0 Å². The number of nitrogens with zero attached hydrogens (tertiary/aromatic N) is 1. The van der Waals surface area contributed by atoms with Gasteiger partial charge in [0, 0.05) is 19.1 Å². The summed E-state index contributed by atoms with van der Waals surface area (Å²) in [6, 6.07) is 0.272. The van der Waals surface area contributed by atoms with Crippen LogP contribution in [0.4, 0.5) is 0 Å². The summed E-state index contributed by atoms with van der Waals surface area (Å²) in [4.78, 5) is 2.22. The number of rotatable bonds is 1. The molecule has 2 heterocycles. The van der Waals surface area contributed by atoms with Crippen molar-refractivity contribution in [2.45, 2.75) is 37.6 Å². The van der Waals surface area contributed by atoms with Crippen LogP contribution in [0.25, 0.3) is 0 Å². The predicted octanol–water partition coefficient (Wildman–Crippen LogP) is -0.910. The molecule has 2 aliphatic heterocycles. The van der Waals surface area contributed by atoms with Gasteiger partial charge >= 0.3 is 0 Å². The largest absolute Gasteiger partial charge is 0.387 e. The summed E-state index contributed by atoms with van der Waals surface area (Å²) < 4.78 is 0. The highest BCUT2D eigenvalue weighted by molar-refractivity contribution is 5.04. The fraction of sp³-hybridized carbons (Fsp3) is 1.00. The van der Waals surface area contributed by atoms with Crippen molar-refractivity contribution in [1.29, 1.82) is 0 Å². The molecule has 0 aromatic heterocycles. The third-order valence-corrected chi connectivity index (χ3v) is 3.37. The first-order chi connectivity index (χ1) is 6.13. The number of likely N-dealkylation sites (tertiary alicyclic amines) is 1. The molecule has 0 spiro atoms. The molecule has 4 heteroatoms. The minimum absolute atomic E-state index is 0.0668. The van der Waals surface area contributed by atoms with Crippen LogP contribution >= 0.6 is 0 Å². The van der Waals surface area contributed by atoms with Crippen LogP contribution in [0.2, 0.25) is 0 Å². The van der Waals surface area contributed by atoms with Gasteiger partial charge in [-0.3, -0.25) is 4.90 Å². The van der Waals surface area contributed by atoms with Crippen LogP contribution in [0.5, 0.6) is 0 Å². The highest BCUT2D eigenvalue weighted by Crippen LogP contribution is 2.32. The second kappa shape index (κ2) is 3.20. The van der Waals surface area contributed by atoms with E-state index in [0.29, 0.717) is 0 Å². The van der Waals surface area contributed by atoms with Gasteiger partial charge in [-0.25, -0.2) is 0 Å². The molecule has 2 rings (SSSR count). The molecule has 4 N–H and O–H groups in total. The molecular weight excluding hydrogens is 166 g/mol. The first-order valence-corrected chi connectivity index (χ1v) is 5.08. The van der Waals surface area contributed by atoms with Crippen LogP contribution < -0.4 is 11.1 Å². The third kappa shape index (κ3) is 1.48.